The van der Waals surface area contributed by atoms with Gasteiger partial charge in [-0.2, -0.15) is 0 Å². The van der Waals surface area contributed by atoms with Crippen molar-refractivity contribution in [2.24, 2.45) is 0 Å². The van der Waals surface area contributed by atoms with Crippen molar-refractivity contribution in [2.75, 3.05) is 7.11 Å². The number of ether oxygens (including phenoxy) is 1. The molecule has 1 aromatic carbocycles. The first kappa shape index (κ1) is 12.0. The van der Waals surface area contributed by atoms with Gasteiger partial charge in [-0.15, -0.1) is 0 Å². The van der Waals surface area contributed by atoms with Gasteiger partial charge >= 0.3 is 0 Å². The topological polar surface area (TPSA) is 21.3 Å². The van der Waals surface area contributed by atoms with Crippen molar-refractivity contribution in [3.63, 3.8) is 0 Å². The normalized spacial score (nSPS) is 11.5. The molecule has 0 aliphatic heterocycles. The molecule has 15 heavy (non-hydrogen) atoms. The molecule has 1 N–H and O–H groups in total. The number of methoxy groups -OCH3 is 1. The maximum atomic E-state index is 13.0. The van der Waals surface area contributed by atoms with Gasteiger partial charge in [-0.1, -0.05) is 0 Å². The minimum Gasteiger partial charge on any atom is -0.496 e. The standard InChI is InChI=1S/C12H18FNO/c1-12(2,3)14-8-9-7-10(13)5-6-11(9)15-4/h5-7,14H,8H2,1-4H3. The fraction of sp³-hybridized carbons (Fsp3) is 0.500. The molecule has 84 valence electrons. The van der Waals surface area contributed by atoms with Crippen LogP contribution in [0.4, 0.5) is 4.39 Å². The van der Waals surface area contributed by atoms with Crippen molar-refractivity contribution < 1.29 is 9.13 Å². The third-order valence-electron chi connectivity index (χ3n) is 2.05. The predicted octanol–water partition coefficient (Wildman–Crippen LogP) is 2.72. The van der Waals surface area contributed by atoms with E-state index in [2.05, 4.69) is 26.1 Å². The lowest BCUT2D eigenvalue weighted by Crippen LogP contribution is -2.35. The highest BCUT2D eigenvalue weighted by atomic mass is 19.1. The zero-order valence-corrected chi connectivity index (χ0v) is 9.73. The Bertz CT molecular complexity index is 331. The first-order valence-corrected chi connectivity index (χ1v) is 5.00. The lowest BCUT2D eigenvalue weighted by atomic mass is 10.1. The first-order valence-electron chi connectivity index (χ1n) is 5.00. The van der Waals surface area contributed by atoms with Crippen molar-refractivity contribution >= 4 is 0 Å². The van der Waals surface area contributed by atoms with Crippen molar-refractivity contribution in [2.45, 2.75) is 32.9 Å². The molecule has 1 rings (SSSR count). The van der Waals surface area contributed by atoms with E-state index in [4.69, 9.17) is 4.74 Å². The second kappa shape index (κ2) is 4.62. The Balaban J connectivity index is 2.79. The van der Waals surface area contributed by atoms with Gasteiger partial charge in [0.25, 0.3) is 0 Å². The second-order valence-corrected chi connectivity index (χ2v) is 4.56. The quantitative estimate of drug-likeness (QED) is 0.830. The van der Waals surface area contributed by atoms with Gasteiger partial charge in [0, 0.05) is 17.6 Å². The molecular formula is C12H18FNO. The van der Waals surface area contributed by atoms with Gasteiger partial charge in [-0.3, -0.25) is 0 Å². The van der Waals surface area contributed by atoms with Crippen LogP contribution in [0.15, 0.2) is 18.2 Å². The van der Waals surface area contributed by atoms with Gasteiger partial charge in [0.05, 0.1) is 7.11 Å². The molecule has 3 heteroatoms. The lowest BCUT2D eigenvalue weighted by molar-refractivity contribution is 0.390. The Kier molecular flexibility index (Phi) is 3.69. The van der Waals surface area contributed by atoms with E-state index >= 15 is 0 Å². The molecule has 0 saturated carbocycles. The third kappa shape index (κ3) is 3.88. The van der Waals surface area contributed by atoms with Crippen LogP contribution in [-0.4, -0.2) is 12.6 Å². The van der Waals surface area contributed by atoms with E-state index < -0.39 is 0 Å². The van der Waals surface area contributed by atoms with Crippen molar-refractivity contribution in [3.8, 4) is 5.75 Å². The predicted molar refractivity (Wildman–Crippen MR) is 59.5 cm³/mol. The van der Waals surface area contributed by atoms with Crippen LogP contribution in [-0.2, 0) is 6.54 Å². The molecule has 0 bridgehead atoms. The van der Waals surface area contributed by atoms with E-state index in [-0.39, 0.29) is 11.4 Å². The number of nitrogens with one attached hydrogen (secondary N) is 1. The summed E-state index contributed by atoms with van der Waals surface area (Å²) in [6.45, 7) is 6.81. The van der Waals surface area contributed by atoms with Gasteiger partial charge in [0.15, 0.2) is 0 Å². The number of halogens is 1. The molecule has 2 nitrogen and oxygen atoms in total. The largest absolute Gasteiger partial charge is 0.496 e. The Morgan fingerprint density at radius 1 is 1.33 bits per heavy atom. The average Bonchev–Trinajstić information content (AvgIpc) is 2.14. The maximum Gasteiger partial charge on any atom is 0.123 e. The molecule has 0 fully saturated rings. The van der Waals surface area contributed by atoms with E-state index in [9.17, 15) is 4.39 Å². The van der Waals surface area contributed by atoms with Crippen LogP contribution in [0, 0.1) is 5.82 Å². The number of hydrogen-bond acceptors (Lipinski definition) is 2. The summed E-state index contributed by atoms with van der Waals surface area (Å²) >= 11 is 0. The van der Waals surface area contributed by atoms with Gasteiger partial charge in [-0.05, 0) is 39.0 Å². The van der Waals surface area contributed by atoms with Crippen LogP contribution >= 0.6 is 0 Å². The Labute approximate surface area is 90.4 Å². The van der Waals surface area contributed by atoms with E-state index in [1.807, 2.05) is 0 Å². The van der Waals surface area contributed by atoms with Crippen molar-refractivity contribution in [1.29, 1.82) is 0 Å². The minimum absolute atomic E-state index is 0.0112. The molecule has 1 aromatic rings. The molecule has 0 spiro atoms. The van der Waals surface area contributed by atoms with E-state index in [1.165, 1.54) is 12.1 Å². The Hall–Kier alpha value is -1.09. The zero-order valence-electron chi connectivity index (χ0n) is 9.73. The number of rotatable bonds is 3. The maximum absolute atomic E-state index is 13.0. The summed E-state index contributed by atoms with van der Waals surface area (Å²) in [7, 11) is 1.59. The third-order valence-corrected chi connectivity index (χ3v) is 2.05. The van der Waals surface area contributed by atoms with Crippen LogP contribution in [0.25, 0.3) is 0 Å². The molecule has 0 radical (unpaired) electrons. The van der Waals surface area contributed by atoms with Crippen molar-refractivity contribution in [3.05, 3.63) is 29.6 Å². The van der Waals surface area contributed by atoms with Crippen molar-refractivity contribution in [1.82, 2.24) is 5.32 Å². The van der Waals surface area contributed by atoms with Crippen LogP contribution in [0.5, 0.6) is 5.75 Å². The van der Waals surface area contributed by atoms with E-state index in [1.54, 1.807) is 13.2 Å². The van der Waals surface area contributed by atoms with Crippen LogP contribution in [0.2, 0.25) is 0 Å². The number of benzene rings is 1. The van der Waals surface area contributed by atoms with Crippen LogP contribution in [0.1, 0.15) is 26.3 Å². The lowest BCUT2D eigenvalue weighted by Gasteiger charge is -2.21. The molecular weight excluding hydrogens is 193 g/mol. The molecule has 0 saturated heterocycles. The summed E-state index contributed by atoms with van der Waals surface area (Å²) in [6.07, 6.45) is 0. The summed E-state index contributed by atoms with van der Waals surface area (Å²) in [4.78, 5) is 0. The summed E-state index contributed by atoms with van der Waals surface area (Å²) in [5.41, 5.74) is 0.851. The minimum atomic E-state index is -0.235. The van der Waals surface area contributed by atoms with Crippen LogP contribution < -0.4 is 10.1 Å². The van der Waals surface area contributed by atoms with E-state index in [0.717, 1.165) is 5.56 Å². The molecule has 0 amide bonds. The molecule has 0 atom stereocenters. The molecule has 0 aromatic heterocycles. The highest BCUT2D eigenvalue weighted by Crippen LogP contribution is 2.19. The Morgan fingerprint density at radius 2 is 2.00 bits per heavy atom. The van der Waals surface area contributed by atoms with E-state index in [0.29, 0.717) is 12.3 Å². The Morgan fingerprint density at radius 3 is 2.53 bits per heavy atom. The van der Waals surface area contributed by atoms with Crippen LogP contribution in [0.3, 0.4) is 0 Å². The fourth-order valence-electron chi connectivity index (χ4n) is 1.25. The van der Waals surface area contributed by atoms with Gasteiger partial charge in [0.2, 0.25) is 0 Å². The fourth-order valence-corrected chi connectivity index (χ4v) is 1.25. The van der Waals surface area contributed by atoms with Gasteiger partial charge in [0.1, 0.15) is 11.6 Å². The average molecular weight is 211 g/mol. The van der Waals surface area contributed by atoms with Gasteiger partial charge in [-0.25, -0.2) is 4.39 Å². The SMILES string of the molecule is COc1ccc(F)cc1CNC(C)(C)C. The highest BCUT2D eigenvalue weighted by Gasteiger charge is 2.11. The van der Waals surface area contributed by atoms with Gasteiger partial charge < -0.3 is 10.1 Å². The highest BCUT2D eigenvalue weighted by molar-refractivity contribution is 5.33. The molecule has 0 aliphatic rings. The molecule has 0 unspecified atom stereocenters. The summed E-state index contributed by atoms with van der Waals surface area (Å²) in [5.74, 6) is 0.481. The first-order chi connectivity index (χ1) is 6.92. The summed E-state index contributed by atoms with van der Waals surface area (Å²) in [6, 6.07) is 4.55. The smallest absolute Gasteiger partial charge is 0.123 e. The molecule has 0 aliphatic carbocycles. The second-order valence-electron chi connectivity index (χ2n) is 4.56. The summed E-state index contributed by atoms with van der Waals surface area (Å²) in [5, 5.41) is 3.29. The molecule has 0 heterocycles. The summed E-state index contributed by atoms with van der Waals surface area (Å²) < 4.78 is 18.2. The number of hydrogen-bond donors (Lipinski definition) is 1. The monoisotopic (exact) mass is 211 g/mol. The zero-order chi connectivity index (χ0) is 11.5.